The topological polar surface area (TPSA) is 32.6 Å². The highest BCUT2D eigenvalue weighted by Gasteiger charge is 2.17. The van der Waals surface area contributed by atoms with Crippen LogP contribution in [0.5, 0.6) is 0 Å². The number of aromatic nitrogens is 2. The molecule has 0 saturated carbocycles. The van der Waals surface area contributed by atoms with Crippen molar-refractivity contribution in [2.75, 3.05) is 20.1 Å². The Hall–Kier alpha value is -1.10. The van der Waals surface area contributed by atoms with Gasteiger partial charge < -0.3 is 9.72 Å². The number of nitrogens with zero attached hydrogens (tertiary/aromatic N) is 3. The Morgan fingerprint density at radius 2 is 2.25 bits per heavy atom. The molecule has 1 N–H and O–H groups in total. The summed E-state index contributed by atoms with van der Waals surface area (Å²) < 4.78 is 2.00. The van der Waals surface area contributed by atoms with Crippen molar-refractivity contribution < 1.29 is 0 Å². The molecule has 0 aliphatic carbocycles. The zero-order valence-corrected chi connectivity index (χ0v) is 12.6. The van der Waals surface area contributed by atoms with E-state index >= 15 is 0 Å². The van der Waals surface area contributed by atoms with E-state index in [1.807, 2.05) is 22.7 Å². The van der Waals surface area contributed by atoms with Crippen LogP contribution in [0.4, 0.5) is 0 Å². The highest BCUT2D eigenvalue weighted by molar-refractivity contribution is 6.30. The van der Waals surface area contributed by atoms with Gasteiger partial charge in [0.1, 0.15) is 5.65 Å². The third-order valence-corrected chi connectivity index (χ3v) is 4.27. The van der Waals surface area contributed by atoms with Crippen molar-refractivity contribution in [1.29, 1.82) is 0 Å². The lowest BCUT2D eigenvalue weighted by Gasteiger charge is -2.25. The van der Waals surface area contributed by atoms with Crippen LogP contribution in [0, 0.1) is 0 Å². The van der Waals surface area contributed by atoms with Crippen LogP contribution in [0.15, 0.2) is 24.5 Å². The van der Waals surface area contributed by atoms with Crippen LogP contribution in [-0.4, -0.2) is 40.5 Å². The summed E-state index contributed by atoms with van der Waals surface area (Å²) >= 11 is 6.01. The Bertz CT molecular complexity index is 572. The van der Waals surface area contributed by atoms with E-state index < -0.39 is 0 Å². The lowest BCUT2D eigenvalue weighted by Crippen LogP contribution is -2.32. The van der Waals surface area contributed by atoms with Gasteiger partial charge in [-0.15, -0.1) is 0 Å². The number of fused-ring (bicyclic) bond motifs is 1. The molecule has 0 radical (unpaired) electrons. The van der Waals surface area contributed by atoms with Gasteiger partial charge in [-0.3, -0.25) is 4.90 Å². The van der Waals surface area contributed by atoms with E-state index in [4.69, 9.17) is 11.6 Å². The molecule has 1 saturated heterocycles. The predicted molar refractivity (Wildman–Crippen MR) is 82.2 cm³/mol. The number of nitrogens with one attached hydrogen (secondary N) is 1. The maximum absolute atomic E-state index is 6.01. The zero-order valence-electron chi connectivity index (χ0n) is 11.8. The molecule has 0 amide bonds. The molecule has 4 nitrogen and oxygen atoms in total. The molecule has 1 atom stereocenters. The van der Waals surface area contributed by atoms with E-state index in [-0.39, 0.29) is 0 Å². The monoisotopic (exact) mass is 292 g/mol. The summed E-state index contributed by atoms with van der Waals surface area (Å²) in [5.74, 6) is 0. The summed E-state index contributed by atoms with van der Waals surface area (Å²) in [6.45, 7) is 3.16. The lowest BCUT2D eigenvalue weighted by atomic mass is 10.1. The fraction of sp³-hybridized carbons (Fsp3) is 0.533. The minimum Gasteiger partial charge on any atom is -0.317 e. The average molecular weight is 293 g/mol. The smallest absolute Gasteiger partial charge is 0.137 e. The van der Waals surface area contributed by atoms with Gasteiger partial charge in [0.05, 0.1) is 10.7 Å². The van der Waals surface area contributed by atoms with Crippen LogP contribution in [0.3, 0.4) is 0 Å². The van der Waals surface area contributed by atoms with Gasteiger partial charge in [-0.05, 0) is 51.5 Å². The first-order valence-electron chi connectivity index (χ1n) is 7.26. The van der Waals surface area contributed by atoms with E-state index in [2.05, 4.69) is 28.4 Å². The molecular formula is C15H21ClN4. The molecule has 108 valence electrons. The predicted octanol–water partition coefficient (Wildman–Crippen LogP) is 2.56. The summed E-state index contributed by atoms with van der Waals surface area (Å²) in [5, 5.41) is 4.20. The second-order valence-electron chi connectivity index (χ2n) is 5.59. The summed E-state index contributed by atoms with van der Waals surface area (Å²) in [6.07, 6.45) is 7.73. The second kappa shape index (κ2) is 6.12. The standard InChI is InChI=1S/C15H21ClN4/c1-19(14-3-2-7-17-8-6-14)10-13-11-20-9-12(16)4-5-15(20)18-13/h4-5,9,11,14,17H,2-3,6-8,10H2,1H3. The Balaban J connectivity index is 1.71. The van der Waals surface area contributed by atoms with Gasteiger partial charge in [0.25, 0.3) is 0 Å². The zero-order chi connectivity index (χ0) is 13.9. The summed E-state index contributed by atoms with van der Waals surface area (Å²) in [4.78, 5) is 7.09. The van der Waals surface area contributed by atoms with Crippen LogP contribution >= 0.6 is 11.6 Å². The molecule has 3 heterocycles. The largest absolute Gasteiger partial charge is 0.317 e. The van der Waals surface area contributed by atoms with Crippen LogP contribution in [-0.2, 0) is 6.54 Å². The van der Waals surface area contributed by atoms with Gasteiger partial charge in [-0.2, -0.15) is 0 Å². The van der Waals surface area contributed by atoms with Gasteiger partial charge in [0, 0.05) is 25.0 Å². The van der Waals surface area contributed by atoms with Gasteiger partial charge in [0.2, 0.25) is 0 Å². The van der Waals surface area contributed by atoms with Gasteiger partial charge >= 0.3 is 0 Å². The Labute approximate surface area is 124 Å². The maximum atomic E-state index is 6.01. The molecule has 20 heavy (non-hydrogen) atoms. The van der Waals surface area contributed by atoms with Crippen molar-refractivity contribution in [3.05, 3.63) is 35.2 Å². The average Bonchev–Trinajstić information content (AvgIpc) is 2.64. The molecule has 1 fully saturated rings. The van der Waals surface area contributed by atoms with Crippen molar-refractivity contribution in [2.45, 2.75) is 31.8 Å². The fourth-order valence-electron chi connectivity index (χ4n) is 2.92. The van der Waals surface area contributed by atoms with Crippen molar-refractivity contribution in [3.63, 3.8) is 0 Å². The van der Waals surface area contributed by atoms with Crippen molar-refractivity contribution in [1.82, 2.24) is 19.6 Å². The third kappa shape index (κ3) is 3.14. The van der Waals surface area contributed by atoms with E-state index in [0.717, 1.165) is 36.0 Å². The first-order chi connectivity index (χ1) is 9.72. The quantitative estimate of drug-likeness (QED) is 0.944. The van der Waals surface area contributed by atoms with E-state index in [9.17, 15) is 0 Å². The van der Waals surface area contributed by atoms with Gasteiger partial charge in [-0.1, -0.05) is 11.6 Å². The third-order valence-electron chi connectivity index (χ3n) is 4.04. The summed E-state index contributed by atoms with van der Waals surface area (Å²) in [6, 6.07) is 4.49. The molecule has 3 rings (SSSR count). The molecule has 0 aromatic carbocycles. The lowest BCUT2D eigenvalue weighted by molar-refractivity contribution is 0.214. The minimum atomic E-state index is 0.651. The molecule has 2 aromatic heterocycles. The molecule has 1 aliphatic rings. The molecule has 0 spiro atoms. The number of imidazole rings is 1. The van der Waals surface area contributed by atoms with E-state index in [1.54, 1.807) is 0 Å². The number of hydrogen-bond acceptors (Lipinski definition) is 3. The van der Waals surface area contributed by atoms with Crippen molar-refractivity contribution in [3.8, 4) is 0 Å². The summed E-state index contributed by atoms with van der Waals surface area (Å²) in [5.41, 5.74) is 2.06. The van der Waals surface area contributed by atoms with E-state index in [1.165, 1.54) is 19.3 Å². The molecule has 0 bridgehead atoms. The summed E-state index contributed by atoms with van der Waals surface area (Å²) in [7, 11) is 2.20. The highest BCUT2D eigenvalue weighted by atomic mass is 35.5. The fourth-order valence-corrected chi connectivity index (χ4v) is 3.09. The first-order valence-corrected chi connectivity index (χ1v) is 7.64. The molecule has 1 unspecified atom stereocenters. The Morgan fingerprint density at radius 1 is 1.35 bits per heavy atom. The molecule has 1 aliphatic heterocycles. The Morgan fingerprint density at radius 3 is 3.15 bits per heavy atom. The molecular weight excluding hydrogens is 272 g/mol. The van der Waals surface area contributed by atoms with E-state index in [0.29, 0.717) is 6.04 Å². The van der Waals surface area contributed by atoms with Crippen LogP contribution in [0.2, 0.25) is 5.02 Å². The van der Waals surface area contributed by atoms with Crippen LogP contribution in [0.25, 0.3) is 5.65 Å². The number of halogens is 1. The van der Waals surface area contributed by atoms with Crippen LogP contribution < -0.4 is 5.32 Å². The minimum absolute atomic E-state index is 0.651. The second-order valence-corrected chi connectivity index (χ2v) is 6.03. The van der Waals surface area contributed by atoms with Gasteiger partial charge in [0.15, 0.2) is 0 Å². The SMILES string of the molecule is CN(Cc1cn2cc(Cl)ccc2n1)C1CCCNCC1. The molecule has 5 heteroatoms. The number of pyridine rings is 1. The van der Waals surface area contributed by atoms with Crippen molar-refractivity contribution in [2.24, 2.45) is 0 Å². The Kier molecular flexibility index (Phi) is 4.24. The molecule has 2 aromatic rings. The van der Waals surface area contributed by atoms with Gasteiger partial charge in [-0.25, -0.2) is 4.98 Å². The normalized spacial score (nSPS) is 20.4. The van der Waals surface area contributed by atoms with Crippen LogP contribution in [0.1, 0.15) is 25.0 Å². The number of rotatable bonds is 3. The number of hydrogen-bond donors (Lipinski definition) is 1. The maximum Gasteiger partial charge on any atom is 0.137 e. The van der Waals surface area contributed by atoms with Crippen molar-refractivity contribution >= 4 is 17.2 Å². The highest BCUT2D eigenvalue weighted by Crippen LogP contribution is 2.16. The first kappa shape index (κ1) is 13.9.